The zero-order valence-corrected chi connectivity index (χ0v) is 8.78. The molecule has 1 aliphatic rings. The summed E-state index contributed by atoms with van der Waals surface area (Å²) in [5.41, 5.74) is 0. The number of rotatable bonds is 1. The first-order valence-electron chi connectivity index (χ1n) is 4.54. The van der Waals surface area contributed by atoms with E-state index in [0.717, 1.165) is 26.2 Å². The zero-order chi connectivity index (χ0) is 9.97. The van der Waals surface area contributed by atoms with Crippen LogP contribution in [-0.4, -0.2) is 53.3 Å². The lowest BCUT2D eigenvalue weighted by molar-refractivity contribution is 0.311. The Morgan fingerprint density at radius 1 is 1.29 bits per heavy atom. The van der Waals surface area contributed by atoms with Crippen LogP contribution in [0.5, 0.6) is 0 Å². The highest BCUT2D eigenvalue weighted by molar-refractivity contribution is 6.29. The SMILES string of the molecule is CN1CCN(c2nncc(Cl)n2)CC1. The summed E-state index contributed by atoms with van der Waals surface area (Å²) in [5, 5.41) is 8.13. The van der Waals surface area contributed by atoms with E-state index in [1.54, 1.807) is 0 Å². The molecule has 2 rings (SSSR count). The van der Waals surface area contributed by atoms with E-state index in [1.165, 1.54) is 6.20 Å². The van der Waals surface area contributed by atoms with Gasteiger partial charge in [-0.3, -0.25) is 0 Å². The van der Waals surface area contributed by atoms with E-state index in [1.807, 2.05) is 0 Å². The van der Waals surface area contributed by atoms with Crippen LogP contribution in [-0.2, 0) is 0 Å². The van der Waals surface area contributed by atoms with Crippen molar-refractivity contribution >= 4 is 17.5 Å². The van der Waals surface area contributed by atoms with Gasteiger partial charge in [0.1, 0.15) is 0 Å². The molecule has 0 bridgehead atoms. The molecular formula is C8H12ClN5. The largest absolute Gasteiger partial charge is 0.337 e. The third-order valence-electron chi connectivity index (χ3n) is 2.30. The molecule has 6 heteroatoms. The molecule has 0 aliphatic carbocycles. The maximum absolute atomic E-state index is 5.74. The van der Waals surface area contributed by atoms with Crippen molar-refractivity contribution in [3.05, 3.63) is 11.3 Å². The van der Waals surface area contributed by atoms with Crippen molar-refractivity contribution in [2.24, 2.45) is 0 Å². The normalized spacial score (nSPS) is 18.6. The first kappa shape index (κ1) is 9.61. The molecule has 5 nitrogen and oxygen atoms in total. The molecule has 0 saturated carbocycles. The van der Waals surface area contributed by atoms with Crippen LogP contribution in [0.15, 0.2) is 6.20 Å². The highest BCUT2D eigenvalue weighted by atomic mass is 35.5. The standard InChI is InChI=1S/C8H12ClN5/c1-13-2-4-14(5-3-13)8-11-7(9)6-10-12-8/h6H,2-5H2,1H3. The molecule has 0 spiro atoms. The number of nitrogens with zero attached hydrogens (tertiary/aromatic N) is 5. The molecular weight excluding hydrogens is 202 g/mol. The van der Waals surface area contributed by atoms with E-state index in [-0.39, 0.29) is 0 Å². The predicted molar refractivity (Wildman–Crippen MR) is 54.5 cm³/mol. The van der Waals surface area contributed by atoms with Crippen LogP contribution in [0.4, 0.5) is 5.95 Å². The Labute approximate surface area is 87.7 Å². The maximum atomic E-state index is 5.74. The first-order chi connectivity index (χ1) is 6.75. The minimum atomic E-state index is 0.397. The summed E-state index contributed by atoms with van der Waals surface area (Å²) in [5.74, 6) is 0.630. The van der Waals surface area contributed by atoms with Gasteiger partial charge in [0, 0.05) is 26.2 Å². The second kappa shape index (κ2) is 4.06. The summed E-state index contributed by atoms with van der Waals surface area (Å²) < 4.78 is 0. The van der Waals surface area contributed by atoms with Crippen molar-refractivity contribution in [1.82, 2.24) is 20.1 Å². The third kappa shape index (κ3) is 2.10. The summed E-state index contributed by atoms with van der Waals surface area (Å²) in [6, 6.07) is 0. The second-order valence-corrected chi connectivity index (χ2v) is 3.76. The fourth-order valence-corrected chi connectivity index (χ4v) is 1.53. The summed E-state index contributed by atoms with van der Waals surface area (Å²) in [7, 11) is 2.11. The molecule has 2 heterocycles. The summed E-state index contributed by atoms with van der Waals surface area (Å²) >= 11 is 5.74. The van der Waals surface area contributed by atoms with Gasteiger partial charge < -0.3 is 9.80 Å². The summed E-state index contributed by atoms with van der Waals surface area (Å²) in [6.07, 6.45) is 1.45. The van der Waals surface area contributed by atoms with Crippen molar-refractivity contribution in [1.29, 1.82) is 0 Å². The Kier molecular flexibility index (Phi) is 2.79. The second-order valence-electron chi connectivity index (χ2n) is 3.37. The highest BCUT2D eigenvalue weighted by Crippen LogP contribution is 2.11. The fraction of sp³-hybridized carbons (Fsp3) is 0.625. The van der Waals surface area contributed by atoms with E-state index >= 15 is 0 Å². The van der Waals surface area contributed by atoms with Crippen LogP contribution in [0.25, 0.3) is 0 Å². The van der Waals surface area contributed by atoms with Gasteiger partial charge in [-0.25, -0.2) is 0 Å². The zero-order valence-electron chi connectivity index (χ0n) is 8.02. The molecule has 0 radical (unpaired) electrons. The number of halogens is 1. The van der Waals surface area contributed by atoms with Crippen molar-refractivity contribution in [2.45, 2.75) is 0 Å². The average molecular weight is 214 g/mol. The molecule has 0 N–H and O–H groups in total. The summed E-state index contributed by atoms with van der Waals surface area (Å²) in [6.45, 7) is 3.91. The van der Waals surface area contributed by atoms with Crippen LogP contribution >= 0.6 is 11.6 Å². The van der Waals surface area contributed by atoms with Gasteiger partial charge in [0.2, 0.25) is 5.95 Å². The maximum Gasteiger partial charge on any atom is 0.246 e. The van der Waals surface area contributed by atoms with Gasteiger partial charge in [-0.2, -0.15) is 10.1 Å². The van der Waals surface area contributed by atoms with Crippen molar-refractivity contribution in [3.8, 4) is 0 Å². The van der Waals surface area contributed by atoms with Crippen LogP contribution in [0.2, 0.25) is 5.15 Å². The molecule has 0 unspecified atom stereocenters. The number of aromatic nitrogens is 3. The van der Waals surface area contributed by atoms with E-state index < -0.39 is 0 Å². The molecule has 0 atom stereocenters. The third-order valence-corrected chi connectivity index (χ3v) is 2.49. The van der Waals surface area contributed by atoms with Gasteiger partial charge >= 0.3 is 0 Å². The molecule has 14 heavy (non-hydrogen) atoms. The van der Waals surface area contributed by atoms with Gasteiger partial charge in [0.05, 0.1) is 6.20 Å². The molecule has 0 aromatic carbocycles. The molecule has 1 aromatic heterocycles. The Morgan fingerprint density at radius 3 is 2.64 bits per heavy atom. The smallest absolute Gasteiger partial charge is 0.246 e. The van der Waals surface area contributed by atoms with Crippen molar-refractivity contribution < 1.29 is 0 Å². The Hall–Kier alpha value is -0.940. The van der Waals surface area contributed by atoms with Gasteiger partial charge in [-0.15, -0.1) is 5.10 Å². The van der Waals surface area contributed by atoms with Gasteiger partial charge in [0.25, 0.3) is 0 Å². The molecule has 0 amide bonds. The van der Waals surface area contributed by atoms with Crippen LogP contribution in [0.1, 0.15) is 0 Å². The van der Waals surface area contributed by atoms with Gasteiger partial charge in [0.15, 0.2) is 5.15 Å². The van der Waals surface area contributed by atoms with Gasteiger partial charge in [-0.1, -0.05) is 11.6 Å². The van der Waals surface area contributed by atoms with Gasteiger partial charge in [-0.05, 0) is 7.05 Å². The Morgan fingerprint density at radius 2 is 2.00 bits per heavy atom. The lowest BCUT2D eigenvalue weighted by Crippen LogP contribution is -2.45. The number of hydrogen-bond acceptors (Lipinski definition) is 5. The molecule has 1 saturated heterocycles. The quantitative estimate of drug-likeness (QED) is 0.671. The van der Waals surface area contributed by atoms with E-state index in [2.05, 4.69) is 32.0 Å². The topological polar surface area (TPSA) is 45.2 Å². The molecule has 1 aliphatic heterocycles. The fourth-order valence-electron chi connectivity index (χ4n) is 1.42. The molecule has 1 fully saturated rings. The molecule has 1 aromatic rings. The predicted octanol–water partition coefficient (Wildman–Crippen LogP) is 0.277. The van der Waals surface area contributed by atoms with Crippen LogP contribution in [0.3, 0.4) is 0 Å². The average Bonchev–Trinajstić information content (AvgIpc) is 2.19. The van der Waals surface area contributed by atoms with Crippen LogP contribution in [0, 0.1) is 0 Å². The highest BCUT2D eigenvalue weighted by Gasteiger charge is 2.16. The Bertz CT molecular complexity index is 310. The number of likely N-dealkylation sites (N-methyl/N-ethyl adjacent to an activating group) is 1. The van der Waals surface area contributed by atoms with Crippen molar-refractivity contribution in [2.75, 3.05) is 38.1 Å². The lowest BCUT2D eigenvalue weighted by Gasteiger charge is -2.31. The number of hydrogen-bond donors (Lipinski definition) is 0. The minimum Gasteiger partial charge on any atom is -0.337 e. The Balaban J connectivity index is 2.08. The van der Waals surface area contributed by atoms with Crippen LogP contribution < -0.4 is 4.90 Å². The summed E-state index contributed by atoms with van der Waals surface area (Å²) in [4.78, 5) is 8.49. The number of anilines is 1. The molecule has 76 valence electrons. The van der Waals surface area contributed by atoms with E-state index in [9.17, 15) is 0 Å². The first-order valence-corrected chi connectivity index (χ1v) is 4.92. The minimum absolute atomic E-state index is 0.397. The lowest BCUT2D eigenvalue weighted by atomic mass is 10.3. The van der Waals surface area contributed by atoms with Crippen molar-refractivity contribution in [3.63, 3.8) is 0 Å². The number of piperazine rings is 1. The monoisotopic (exact) mass is 213 g/mol. The van der Waals surface area contributed by atoms with E-state index in [4.69, 9.17) is 11.6 Å². The van der Waals surface area contributed by atoms with E-state index in [0.29, 0.717) is 11.1 Å².